The number of nitrogens with zero attached hydrogens (tertiary/aromatic N) is 2. The van der Waals surface area contributed by atoms with Gasteiger partial charge >= 0.3 is 5.97 Å². The van der Waals surface area contributed by atoms with Gasteiger partial charge in [0.25, 0.3) is 0 Å². The number of hydrogen-bond acceptors (Lipinski definition) is 6. The van der Waals surface area contributed by atoms with Crippen LogP contribution in [0.1, 0.15) is 40.8 Å². The number of ether oxygens (including phenoxy) is 1. The van der Waals surface area contributed by atoms with E-state index in [-0.39, 0.29) is 17.5 Å². The van der Waals surface area contributed by atoms with Crippen LogP contribution in [0.3, 0.4) is 0 Å². The smallest absolute Gasteiger partial charge is 0.335 e. The molecule has 2 atom stereocenters. The number of anilines is 2. The van der Waals surface area contributed by atoms with E-state index in [1.54, 1.807) is 36.5 Å². The lowest BCUT2D eigenvalue weighted by Crippen LogP contribution is -2.29. The van der Waals surface area contributed by atoms with Crippen molar-refractivity contribution in [1.29, 1.82) is 0 Å². The van der Waals surface area contributed by atoms with Crippen LogP contribution < -0.4 is 20.3 Å². The van der Waals surface area contributed by atoms with Crippen LogP contribution >= 0.6 is 12.2 Å². The average molecular weight is 529 g/mol. The normalized spacial score (nSPS) is 16.7. The van der Waals surface area contributed by atoms with Gasteiger partial charge in [0.15, 0.2) is 5.11 Å². The first-order valence-electron chi connectivity index (χ1n) is 11.8. The van der Waals surface area contributed by atoms with E-state index in [4.69, 9.17) is 21.4 Å². The second-order valence-electron chi connectivity index (χ2n) is 8.65. The number of aromatic nitrogens is 1. The summed E-state index contributed by atoms with van der Waals surface area (Å²) >= 11 is 5.78. The predicted octanol–water partition coefficient (Wildman–Crippen LogP) is 5.18. The average Bonchev–Trinajstić information content (AvgIpc) is 3.53. The molecular weight excluding hydrogens is 504 g/mol. The van der Waals surface area contributed by atoms with E-state index in [9.17, 15) is 14.7 Å². The fourth-order valence-electron chi connectivity index (χ4n) is 4.53. The third-order valence-corrected chi connectivity index (χ3v) is 6.50. The number of nitrogens with one attached hydrogen (secondary N) is 2. The minimum absolute atomic E-state index is 0.167. The van der Waals surface area contributed by atoms with Crippen molar-refractivity contribution in [1.82, 2.24) is 10.3 Å². The molecule has 3 N–H and O–H groups in total. The summed E-state index contributed by atoms with van der Waals surface area (Å²) in [5, 5.41) is 16.0. The highest BCUT2D eigenvalue weighted by Gasteiger charge is 2.42. The van der Waals surface area contributed by atoms with E-state index in [0.29, 0.717) is 39.3 Å². The largest absolute Gasteiger partial charge is 0.495 e. The standard InChI is InChI=1S/C28H24N4O5S/c1-16(33)30-21-15-19(9-10-23(21)36-2)32-26(25(31-28(32)38)20-8-3-4-13-29-20)24-12-11-22(37-24)17-6-5-7-18(14-17)27(34)35/h3-15,25-26H,1-2H3,(H,30,33)(H,31,38)(H,34,35). The third kappa shape index (κ3) is 4.81. The van der Waals surface area contributed by atoms with Crippen LogP contribution in [0, 0.1) is 0 Å². The van der Waals surface area contributed by atoms with E-state index in [1.807, 2.05) is 41.3 Å². The Kier molecular flexibility index (Phi) is 6.80. The third-order valence-electron chi connectivity index (χ3n) is 6.18. The summed E-state index contributed by atoms with van der Waals surface area (Å²) in [6.07, 6.45) is 1.72. The van der Waals surface area contributed by atoms with Gasteiger partial charge in [0.2, 0.25) is 5.91 Å². The van der Waals surface area contributed by atoms with E-state index in [1.165, 1.54) is 20.1 Å². The van der Waals surface area contributed by atoms with E-state index in [2.05, 4.69) is 15.6 Å². The molecule has 0 radical (unpaired) electrons. The topological polar surface area (TPSA) is 117 Å². The van der Waals surface area contributed by atoms with Crippen molar-refractivity contribution in [2.24, 2.45) is 0 Å². The van der Waals surface area contributed by atoms with Gasteiger partial charge in [0, 0.05) is 24.4 Å². The zero-order valence-electron chi connectivity index (χ0n) is 20.5. The van der Waals surface area contributed by atoms with Crippen molar-refractivity contribution < 1.29 is 23.8 Å². The molecule has 2 aromatic carbocycles. The minimum Gasteiger partial charge on any atom is -0.495 e. The van der Waals surface area contributed by atoms with Crippen LogP contribution in [0.4, 0.5) is 11.4 Å². The summed E-state index contributed by atoms with van der Waals surface area (Å²) in [5.41, 5.74) is 2.79. The molecule has 0 spiro atoms. The molecule has 2 aromatic heterocycles. The summed E-state index contributed by atoms with van der Waals surface area (Å²) in [6.45, 7) is 1.43. The van der Waals surface area contributed by atoms with Gasteiger partial charge in [-0.25, -0.2) is 4.79 Å². The predicted molar refractivity (Wildman–Crippen MR) is 146 cm³/mol. The van der Waals surface area contributed by atoms with Gasteiger partial charge in [-0.05, 0) is 66.8 Å². The van der Waals surface area contributed by atoms with E-state index < -0.39 is 12.0 Å². The first kappa shape index (κ1) is 25.0. The Bertz CT molecular complexity index is 1520. The summed E-state index contributed by atoms with van der Waals surface area (Å²) in [4.78, 5) is 29.8. The monoisotopic (exact) mass is 528 g/mol. The Morgan fingerprint density at radius 1 is 1.11 bits per heavy atom. The number of furan rings is 1. The Hall–Kier alpha value is -4.70. The fraction of sp³-hybridized carbons (Fsp3) is 0.143. The van der Waals surface area contributed by atoms with Crippen LogP contribution in [-0.2, 0) is 4.79 Å². The molecule has 5 rings (SSSR count). The highest BCUT2D eigenvalue weighted by atomic mass is 32.1. The summed E-state index contributed by atoms with van der Waals surface area (Å²) in [5.74, 6) is 0.387. The molecule has 0 aliphatic carbocycles. The number of hydrogen-bond donors (Lipinski definition) is 3. The van der Waals surface area contributed by atoms with Crippen molar-refractivity contribution in [3.8, 4) is 17.1 Å². The maximum atomic E-state index is 11.8. The summed E-state index contributed by atoms with van der Waals surface area (Å²) in [6, 6.07) is 20.5. The van der Waals surface area contributed by atoms with Gasteiger partial charge in [-0.2, -0.15) is 0 Å². The molecule has 0 bridgehead atoms. The molecule has 1 amide bonds. The van der Waals surface area contributed by atoms with Crippen LogP contribution in [0.15, 0.2) is 83.4 Å². The van der Waals surface area contributed by atoms with Gasteiger partial charge in [0.1, 0.15) is 23.3 Å². The number of pyridine rings is 1. The van der Waals surface area contributed by atoms with Gasteiger partial charge in [-0.3, -0.25) is 9.78 Å². The lowest BCUT2D eigenvalue weighted by atomic mass is 10.0. The number of thiocarbonyl (C=S) groups is 1. The zero-order chi connectivity index (χ0) is 26.8. The maximum absolute atomic E-state index is 11.8. The number of carbonyl (C=O) groups excluding carboxylic acids is 1. The SMILES string of the molecule is COc1ccc(N2C(=S)NC(c3ccccn3)C2c2ccc(-c3cccc(C(=O)O)c3)o2)cc1NC(C)=O. The Morgan fingerprint density at radius 2 is 1.95 bits per heavy atom. The number of methoxy groups -OCH3 is 1. The molecule has 192 valence electrons. The molecule has 3 heterocycles. The highest BCUT2D eigenvalue weighted by molar-refractivity contribution is 7.80. The molecule has 0 saturated carbocycles. The lowest BCUT2D eigenvalue weighted by Gasteiger charge is -2.27. The molecule has 1 aliphatic rings. The Morgan fingerprint density at radius 3 is 2.66 bits per heavy atom. The van der Waals surface area contributed by atoms with Gasteiger partial charge in [-0.1, -0.05) is 18.2 Å². The van der Waals surface area contributed by atoms with E-state index in [0.717, 1.165) is 5.69 Å². The molecule has 1 fully saturated rings. The van der Waals surface area contributed by atoms with Crippen molar-refractivity contribution in [2.45, 2.75) is 19.0 Å². The Labute approximate surface area is 224 Å². The van der Waals surface area contributed by atoms with Crippen LogP contribution in [-0.4, -0.2) is 34.2 Å². The van der Waals surface area contributed by atoms with Gasteiger partial charge in [0.05, 0.1) is 30.1 Å². The molecule has 1 saturated heterocycles. The minimum atomic E-state index is -1.01. The molecule has 1 aliphatic heterocycles. The first-order chi connectivity index (χ1) is 18.4. The molecule has 4 aromatic rings. The molecule has 9 nitrogen and oxygen atoms in total. The first-order valence-corrected chi connectivity index (χ1v) is 12.2. The fourth-order valence-corrected chi connectivity index (χ4v) is 4.87. The molecular formula is C28H24N4O5S. The summed E-state index contributed by atoms with van der Waals surface area (Å²) < 4.78 is 11.7. The van der Waals surface area contributed by atoms with E-state index >= 15 is 0 Å². The number of carboxylic acids is 1. The van der Waals surface area contributed by atoms with Crippen molar-refractivity contribution in [3.05, 3.63) is 96.0 Å². The second-order valence-corrected chi connectivity index (χ2v) is 9.04. The van der Waals surface area contributed by atoms with Gasteiger partial charge < -0.3 is 29.8 Å². The number of amides is 1. The molecule has 38 heavy (non-hydrogen) atoms. The maximum Gasteiger partial charge on any atom is 0.335 e. The van der Waals surface area contributed by atoms with Crippen LogP contribution in [0.2, 0.25) is 0 Å². The van der Waals surface area contributed by atoms with Crippen LogP contribution in [0.25, 0.3) is 11.3 Å². The van der Waals surface area contributed by atoms with Crippen molar-refractivity contribution >= 4 is 40.6 Å². The lowest BCUT2D eigenvalue weighted by molar-refractivity contribution is -0.114. The number of carbonyl (C=O) groups is 2. The molecule has 2 unspecified atom stereocenters. The Balaban J connectivity index is 1.60. The van der Waals surface area contributed by atoms with Crippen molar-refractivity contribution in [3.63, 3.8) is 0 Å². The van der Waals surface area contributed by atoms with Gasteiger partial charge in [-0.15, -0.1) is 0 Å². The van der Waals surface area contributed by atoms with Crippen molar-refractivity contribution in [2.75, 3.05) is 17.3 Å². The highest BCUT2D eigenvalue weighted by Crippen LogP contribution is 2.44. The second kappa shape index (κ2) is 10.3. The quantitative estimate of drug-likeness (QED) is 0.279. The van der Waals surface area contributed by atoms with Crippen LogP contribution in [0.5, 0.6) is 5.75 Å². The zero-order valence-corrected chi connectivity index (χ0v) is 21.4. The number of benzene rings is 2. The number of carboxylic acid groups (broad SMARTS) is 1. The number of aromatic carboxylic acids is 1. The number of rotatable bonds is 7. The molecule has 10 heteroatoms. The summed E-state index contributed by atoms with van der Waals surface area (Å²) in [7, 11) is 1.53.